The number of esters is 1. The summed E-state index contributed by atoms with van der Waals surface area (Å²) < 4.78 is 23.5. The highest BCUT2D eigenvalue weighted by Crippen LogP contribution is 2.28. The Morgan fingerprint density at radius 1 is 1.40 bits per heavy atom. The molecule has 1 aromatic rings. The highest BCUT2D eigenvalue weighted by atomic mass is 19.1. The van der Waals surface area contributed by atoms with Gasteiger partial charge in [-0.15, -0.1) is 0 Å². The van der Waals surface area contributed by atoms with Gasteiger partial charge in [0.05, 0.1) is 13.7 Å². The van der Waals surface area contributed by atoms with E-state index in [1.807, 2.05) is 0 Å². The lowest BCUT2D eigenvalue weighted by Gasteiger charge is -2.22. The van der Waals surface area contributed by atoms with Gasteiger partial charge in [0.25, 0.3) is 0 Å². The van der Waals surface area contributed by atoms with Gasteiger partial charge in [-0.25, -0.2) is 4.39 Å². The van der Waals surface area contributed by atoms with Crippen molar-refractivity contribution in [2.75, 3.05) is 13.7 Å². The molecule has 0 radical (unpaired) electrons. The van der Waals surface area contributed by atoms with Gasteiger partial charge >= 0.3 is 11.9 Å². The molecule has 0 aliphatic carbocycles. The molecule has 1 unspecified atom stereocenters. The minimum Gasteiger partial charge on any atom is -0.497 e. The Morgan fingerprint density at radius 2 is 2.05 bits per heavy atom. The van der Waals surface area contributed by atoms with E-state index in [1.54, 1.807) is 6.92 Å². The summed E-state index contributed by atoms with van der Waals surface area (Å²) in [6.07, 6.45) is -0.295. The maximum atomic E-state index is 13.9. The summed E-state index contributed by atoms with van der Waals surface area (Å²) in [7, 11) is 1.40. The molecule has 0 heterocycles. The first-order chi connectivity index (χ1) is 9.35. The first-order valence-electron chi connectivity index (χ1n) is 6.08. The molecule has 1 atom stereocenters. The van der Waals surface area contributed by atoms with Crippen LogP contribution in [0.2, 0.25) is 0 Å². The van der Waals surface area contributed by atoms with Crippen LogP contribution in [0.4, 0.5) is 4.39 Å². The number of carboxylic acid groups (broad SMARTS) is 1. The Kier molecular flexibility index (Phi) is 5.07. The van der Waals surface area contributed by atoms with Gasteiger partial charge in [-0.05, 0) is 25.5 Å². The van der Waals surface area contributed by atoms with Crippen LogP contribution in [0.25, 0.3) is 0 Å². The van der Waals surface area contributed by atoms with Gasteiger partial charge in [0.1, 0.15) is 11.6 Å². The number of hydrogen-bond acceptors (Lipinski definition) is 4. The molecule has 5 nitrogen and oxygen atoms in total. The van der Waals surface area contributed by atoms with E-state index in [9.17, 15) is 19.1 Å². The summed E-state index contributed by atoms with van der Waals surface area (Å²) in [6, 6.07) is 4.04. The molecule has 110 valence electrons. The summed E-state index contributed by atoms with van der Waals surface area (Å²) in [5.74, 6) is -2.55. The molecule has 0 amide bonds. The fourth-order valence-corrected chi connectivity index (χ4v) is 1.70. The summed E-state index contributed by atoms with van der Waals surface area (Å²) in [5, 5.41) is 9.23. The van der Waals surface area contributed by atoms with Gasteiger partial charge in [0.15, 0.2) is 5.41 Å². The number of methoxy groups -OCH3 is 1. The van der Waals surface area contributed by atoms with Gasteiger partial charge in [-0.1, -0.05) is 6.07 Å². The van der Waals surface area contributed by atoms with E-state index in [2.05, 4.69) is 0 Å². The second kappa shape index (κ2) is 6.36. The lowest BCUT2D eigenvalue weighted by Crippen LogP contribution is -2.40. The molecular weight excluding hydrogens is 267 g/mol. The molecule has 1 rings (SSSR count). The zero-order valence-corrected chi connectivity index (χ0v) is 11.6. The number of carbonyl (C=O) groups excluding carboxylic acids is 1. The van der Waals surface area contributed by atoms with E-state index in [-0.39, 0.29) is 18.6 Å². The largest absolute Gasteiger partial charge is 0.497 e. The van der Waals surface area contributed by atoms with E-state index in [1.165, 1.54) is 26.2 Å². The van der Waals surface area contributed by atoms with Crippen LogP contribution in [-0.4, -0.2) is 30.8 Å². The average molecular weight is 284 g/mol. The number of ether oxygens (including phenoxy) is 2. The molecule has 0 saturated heterocycles. The molecule has 0 aliphatic heterocycles. The molecule has 20 heavy (non-hydrogen) atoms. The van der Waals surface area contributed by atoms with Crippen LogP contribution in [0.5, 0.6) is 5.75 Å². The topological polar surface area (TPSA) is 72.8 Å². The predicted molar refractivity (Wildman–Crippen MR) is 69.0 cm³/mol. The highest BCUT2D eigenvalue weighted by Gasteiger charge is 2.43. The summed E-state index contributed by atoms with van der Waals surface area (Å²) in [4.78, 5) is 23.1. The Balaban J connectivity index is 3.08. The minimum atomic E-state index is -1.83. The Labute approximate surface area is 116 Å². The second-order valence-electron chi connectivity index (χ2n) is 4.49. The van der Waals surface area contributed by atoms with Crippen molar-refractivity contribution >= 4 is 11.9 Å². The SMILES string of the molecule is CCOC(=O)C(C)(Cc1ccc(OC)cc1F)C(=O)O. The van der Waals surface area contributed by atoms with Crippen molar-refractivity contribution in [3.8, 4) is 5.75 Å². The monoisotopic (exact) mass is 284 g/mol. The zero-order chi connectivity index (χ0) is 15.3. The van der Waals surface area contributed by atoms with Crippen molar-refractivity contribution in [3.63, 3.8) is 0 Å². The van der Waals surface area contributed by atoms with Crippen molar-refractivity contribution in [2.24, 2.45) is 5.41 Å². The average Bonchev–Trinajstić information content (AvgIpc) is 2.40. The number of rotatable bonds is 6. The van der Waals surface area contributed by atoms with E-state index in [0.717, 1.165) is 6.07 Å². The fraction of sp³-hybridized carbons (Fsp3) is 0.429. The summed E-state index contributed by atoms with van der Waals surface area (Å²) in [5.41, 5.74) is -1.71. The predicted octanol–water partition coefficient (Wildman–Crippen LogP) is 2.03. The van der Waals surface area contributed by atoms with Crippen molar-refractivity contribution < 1.29 is 28.6 Å². The van der Waals surface area contributed by atoms with Crippen LogP contribution in [0.15, 0.2) is 18.2 Å². The van der Waals surface area contributed by atoms with E-state index < -0.39 is 23.2 Å². The molecule has 0 fully saturated rings. The third-order valence-corrected chi connectivity index (χ3v) is 3.00. The van der Waals surface area contributed by atoms with Crippen LogP contribution in [-0.2, 0) is 20.7 Å². The second-order valence-corrected chi connectivity index (χ2v) is 4.49. The molecule has 0 bridgehead atoms. The maximum absolute atomic E-state index is 13.9. The number of halogens is 1. The van der Waals surface area contributed by atoms with E-state index in [0.29, 0.717) is 5.75 Å². The molecular formula is C14H17FO5. The number of hydrogen-bond donors (Lipinski definition) is 1. The molecule has 0 aliphatic rings. The molecule has 6 heteroatoms. The molecule has 0 saturated carbocycles. The van der Waals surface area contributed by atoms with Crippen LogP contribution >= 0.6 is 0 Å². The third kappa shape index (κ3) is 3.26. The Morgan fingerprint density at radius 3 is 2.50 bits per heavy atom. The number of aliphatic carboxylic acids is 1. The summed E-state index contributed by atoms with van der Waals surface area (Å²) >= 11 is 0. The number of benzene rings is 1. The Bertz CT molecular complexity index is 514. The fourth-order valence-electron chi connectivity index (χ4n) is 1.70. The molecule has 0 aromatic heterocycles. The lowest BCUT2D eigenvalue weighted by molar-refractivity contribution is -0.167. The van der Waals surface area contributed by atoms with Gasteiger partial charge < -0.3 is 14.6 Å². The first kappa shape index (κ1) is 15.9. The highest BCUT2D eigenvalue weighted by molar-refractivity contribution is 5.99. The van der Waals surface area contributed by atoms with Crippen molar-refractivity contribution in [3.05, 3.63) is 29.6 Å². The van der Waals surface area contributed by atoms with E-state index in [4.69, 9.17) is 9.47 Å². The smallest absolute Gasteiger partial charge is 0.323 e. The maximum Gasteiger partial charge on any atom is 0.323 e. The Hall–Kier alpha value is -2.11. The van der Waals surface area contributed by atoms with Crippen molar-refractivity contribution in [1.29, 1.82) is 0 Å². The summed E-state index contributed by atoms with van der Waals surface area (Å²) in [6.45, 7) is 2.86. The third-order valence-electron chi connectivity index (χ3n) is 3.00. The van der Waals surface area contributed by atoms with Gasteiger partial charge in [-0.2, -0.15) is 0 Å². The first-order valence-corrected chi connectivity index (χ1v) is 6.08. The van der Waals surface area contributed by atoms with Crippen LogP contribution in [0.3, 0.4) is 0 Å². The molecule has 0 spiro atoms. The van der Waals surface area contributed by atoms with Gasteiger partial charge in [-0.3, -0.25) is 9.59 Å². The van der Waals surface area contributed by atoms with E-state index >= 15 is 0 Å². The van der Waals surface area contributed by atoms with Crippen LogP contribution in [0, 0.1) is 11.2 Å². The van der Waals surface area contributed by atoms with Crippen molar-refractivity contribution in [1.82, 2.24) is 0 Å². The normalized spacial score (nSPS) is 13.4. The standard InChI is InChI=1S/C14H17FO5/c1-4-20-13(18)14(2,12(16)17)8-9-5-6-10(19-3)7-11(9)15/h5-7H,4,8H2,1-3H3,(H,16,17). The van der Waals surface area contributed by atoms with Gasteiger partial charge in [0, 0.05) is 12.5 Å². The number of carbonyl (C=O) groups is 2. The minimum absolute atomic E-state index is 0.0623. The number of carboxylic acids is 1. The lowest BCUT2D eigenvalue weighted by atomic mass is 9.83. The molecule has 1 N–H and O–H groups in total. The molecule has 1 aromatic carbocycles. The van der Waals surface area contributed by atoms with Crippen LogP contribution < -0.4 is 4.74 Å². The van der Waals surface area contributed by atoms with Gasteiger partial charge in [0.2, 0.25) is 0 Å². The zero-order valence-electron chi connectivity index (χ0n) is 11.6. The quantitative estimate of drug-likeness (QED) is 0.639. The van der Waals surface area contributed by atoms with Crippen LogP contribution in [0.1, 0.15) is 19.4 Å². The van der Waals surface area contributed by atoms with Crippen molar-refractivity contribution in [2.45, 2.75) is 20.3 Å².